The molecule has 2 aromatic carbocycles. The van der Waals surface area contributed by atoms with E-state index in [2.05, 4.69) is 5.32 Å². The predicted octanol–water partition coefficient (Wildman–Crippen LogP) is 3.54. The van der Waals surface area contributed by atoms with Crippen LogP contribution in [0.15, 0.2) is 54.6 Å². The van der Waals surface area contributed by atoms with Gasteiger partial charge in [0.2, 0.25) is 11.8 Å². The molecule has 2 amide bonds. The highest BCUT2D eigenvalue weighted by Gasteiger charge is 2.19. The van der Waals surface area contributed by atoms with Gasteiger partial charge < -0.3 is 10.2 Å². The second-order valence-corrected chi connectivity index (χ2v) is 7.02. The van der Waals surface area contributed by atoms with Crippen LogP contribution < -0.4 is 5.32 Å². The highest BCUT2D eigenvalue weighted by molar-refractivity contribution is 8.01. The zero-order chi connectivity index (χ0) is 18.2. The van der Waals surface area contributed by atoms with Crippen molar-refractivity contribution in [3.05, 3.63) is 66.0 Å². The summed E-state index contributed by atoms with van der Waals surface area (Å²) >= 11 is 1.28. The molecule has 0 saturated carbocycles. The maximum atomic E-state index is 12.8. The highest BCUT2D eigenvalue weighted by atomic mass is 32.2. The number of hydrogen-bond acceptors (Lipinski definition) is 3. The van der Waals surface area contributed by atoms with Crippen LogP contribution in [0.4, 0.5) is 10.1 Å². The Bertz CT molecular complexity index is 707. The number of nitrogens with one attached hydrogen (secondary N) is 1. The number of thioether (sulfide) groups is 1. The third-order valence-corrected chi connectivity index (χ3v) is 4.71. The quantitative estimate of drug-likeness (QED) is 0.822. The highest BCUT2D eigenvalue weighted by Crippen LogP contribution is 2.16. The summed E-state index contributed by atoms with van der Waals surface area (Å²) in [6.07, 6.45) is 0. The first-order chi connectivity index (χ1) is 12.0. The van der Waals surface area contributed by atoms with Crippen molar-refractivity contribution < 1.29 is 14.0 Å². The van der Waals surface area contributed by atoms with Crippen LogP contribution in [0.2, 0.25) is 0 Å². The van der Waals surface area contributed by atoms with E-state index < -0.39 is 0 Å². The fraction of sp³-hybridized carbons (Fsp3) is 0.263. The average Bonchev–Trinajstić information content (AvgIpc) is 2.61. The largest absolute Gasteiger partial charge is 0.340 e. The molecule has 0 aliphatic heterocycles. The lowest BCUT2D eigenvalue weighted by Crippen LogP contribution is -2.33. The summed E-state index contributed by atoms with van der Waals surface area (Å²) in [5.41, 5.74) is 1.59. The van der Waals surface area contributed by atoms with Gasteiger partial charge in [0.1, 0.15) is 5.82 Å². The summed E-state index contributed by atoms with van der Waals surface area (Å²) in [5, 5.41) is 2.35. The molecule has 0 radical (unpaired) electrons. The Balaban J connectivity index is 1.78. The third kappa shape index (κ3) is 6.23. The van der Waals surface area contributed by atoms with Crippen molar-refractivity contribution in [2.24, 2.45) is 0 Å². The minimum Gasteiger partial charge on any atom is -0.340 e. The van der Waals surface area contributed by atoms with Crippen molar-refractivity contribution in [2.45, 2.75) is 18.7 Å². The molecule has 0 bridgehead atoms. The van der Waals surface area contributed by atoms with Crippen molar-refractivity contribution in [2.75, 3.05) is 18.1 Å². The van der Waals surface area contributed by atoms with E-state index in [0.717, 1.165) is 5.56 Å². The van der Waals surface area contributed by atoms with E-state index in [1.807, 2.05) is 30.3 Å². The first kappa shape index (κ1) is 19.0. The molecule has 2 aromatic rings. The number of hydrogen-bond donors (Lipinski definition) is 1. The standard InChI is InChI=1S/C19H21FN2O2S/c1-14(19(24)22(2)12-15-6-4-3-5-7-15)25-13-18(23)21-17-10-8-16(20)9-11-17/h3-11,14H,12-13H2,1-2H3,(H,21,23). The smallest absolute Gasteiger partial charge is 0.235 e. The molecular weight excluding hydrogens is 339 g/mol. The van der Waals surface area contributed by atoms with Gasteiger partial charge in [0, 0.05) is 19.3 Å². The number of halogens is 1. The van der Waals surface area contributed by atoms with Crippen LogP contribution in [0.5, 0.6) is 0 Å². The zero-order valence-electron chi connectivity index (χ0n) is 14.2. The number of nitrogens with zero attached hydrogens (tertiary/aromatic N) is 1. The van der Waals surface area contributed by atoms with Gasteiger partial charge in [0.05, 0.1) is 11.0 Å². The molecule has 0 heterocycles. The maximum Gasteiger partial charge on any atom is 0.235 e. The van der Waals surface area contributed by atoms with Gasteiger partial charge in [-0.25, -0.2) is 4.39 Å². The summed E-state index contributed by atoms with van der Waals surface area (Å²) in [6.45, 7) is 2.33. The SMILES string of the molecule is CC(SCC(=O)Nc1ccc(F)cc1)C(=O)N(C)Cc1ccccc1. The fourth-order valence-electron chi connectivity index (χ4n) is 2.25. The van der Waals surface area contributed by atoms with Gasteiger partial charge in [0.25, 0.3) is 0 Å². The van der Waals surface area contributed by atoms with Crippen molar-refractivity contribution in [3.8, 4) is 0 Å². The Morgan fingerprint density at radius 3 is 2.40 bits per heavy atom. The van der Waals surface area contributed by atoms with E-state index in [1.54, 1.807) is 18.9 Å². The van der Waals surface area contributed by atoms with E-state index >= 15 is 0 Å². The number of rotatable bonds is 7. The lowest BCUT2D eigenvalue weighted by molar-refractivity contribution is -0.129. The van der Waals surface area contributed by atoms with Crippen molar-refractivity contribution >= 4 is 29.3 Å². The normalized spacial score (nSPS) is 11.6. The Morgan fingerprint density at radius 1 is 1.12 bits per heavy atom. The summed E-state index contributed by atoms with van der Waals surface area (Å²) in [5.74, 6) is -0.442. The number of anilines is 1. The maximum absolute atomic E-state index is 12.8. The Kier molecular flexibility index (Phi) is 7.01. The van der Waals surface area contributed by atoms with Crippen LogP contribution in [0.3, 0.4) is 0 Å². The molecule has 0 aromatic heterocycles. The zero-order valence-corrected chi connectivity index (χ0v) is 15.1. The number of carbonyl (C=O) groups excluding carboxylic acids is 2. The second kappa shape index (κ2) is 9.22. The molecule has 4 nitrogen and oxygen atoms in total. The van der Waals surface area contributed by atoms with E-state index in [9.17, 15) is 14.0 Å². The molecule has 6 heteroatoms. The summed E-state index contributed by atoms with van der Waals surface area (Å²) in [4.78, 5) is 26.0. The molecular formula is C19H21FN2O2S. The molecule has 2 rings (SSSR count). The van der Waals surface area contributed by atoms with Crippen LogP contribution in [0, 0.1) is 5.82 Å². The predicted molar refractivity (Wildman–Crippen MR) is 99.9 cm³/mol. The van der Waals surface area contributed by atoms with Crippen molar-refractivity contribution in [3.63, 3.8) is 0 Å². The molecule has 0 spiro atoms. The second-order valence-electron chi connectivity index (χ2n) is 5.69. The number of carbonyl (C=O) groups is 2. The molecule has 25 heavy (non-hydrogen) atoms. The molecule has 0 aliphatic rings. The Morgan fingerprint density at radius 2 is 1.76 bits per heavy atom. The van der Waals surface area contributed by atoms with Crippen LogP contribution in [-0.2, 0) is 16.1 Å². The fourth-order valence-corrected chi connectivity index (χ4v) is 3.04. The van der Waals surface area contributed by atoms with Gasteiger partial charge >= 0.3 is 0 Å². The van der Waals surface area contributed by atoms with Crippen LogP contribution in [0.25, 0.3) is 0 Å². The minimum atomic E-state index is -0.354. The van der Waals surface area contributed by atoms with E-state index in [4.69, 9.17) is 0 Å². The van der Waals surface area contributed by atoms with Crippen LogP contribution in [0.1, 0.15) is 12.5 Å². The molecule has 0 saturated heterocycles. The minimum absolute atomic E-state index is 0.0246. The Hall–Kier alpha value is -2.34. The van der Waals surface area contributed by atoms with Crippen molar-refractivity contribution in [1.82, 2.24) is 4.90 Å². The topological polar surface area (TPSA) is 49.4 Å². The van der Waals surface area contributed by atoms with Gasteiger partial charge in [-0.15, -0.1) is 11.8 Å². The first-order valence-electron chi connectivity index (χ1n) is 7.91. The molecule has 0 aliphatic carbocycles. The lowest BCUT2D eigenvalue weighted by Gasteiger charge is -2.21. The Labute approximate surface area is 151 Å². The molecule has 1 atom stereocenters. The molecule has 1 unspecified atom stereocenters. The van der Waals surface area contributed by atoms with E-state index in [0.29, 0.717) is 12.2 Å². The van der Waals surface area contributed by atoms with Gasteiger partial charge in [0.15, 0.2) is 0 Å². The van der Waals surface area contributed by atoms with Gasteiger partial charge in [-0.2, -0.15) is 0 Å². The van der Waals surface area contributed by atoms with E-state index in [-0.39, 0.29) is 28.6 Å². The monoisotopic (exact) mass is 360 g/mol. The summed E-state index contributed by atoms with van der Waals surface area (Å²) < 4.78 is 12.8. The number of benzene rings is 2. The van der Waals surface area contributed by atoms with Crippen molar-refractivity contribution in [1.29, 1.82) is 0 Å². The number of amides is 2. The van der Waals surface area contributed by atoms with Crippen LogP contribution in [-0.4, -0.2) is 34.8 Å². The van der Waals surface area contributed by atoms with Gasteiger partial charge in [-0.1, -0.05) is 30.3 Å². The average molecular weight is 360 g/mol. The molecule has 0 fully saturated rings. The van der Waals surface area contributed by atoms with Crippen LogP contribution >= 0.6 is 11.8 Å². The molecule has 132 valence electrons. The molecule has 1 N–H and O–H groups in total. The van der Waals surface area contributed by atoms with Gasteiger partial charge in [-0.05, 0) is 36.8 Å². The first-order valence-corrected chi connectivity index (χ1v) is 8.96. The third-order valence-electron chi connectivity index (χ3n) is 3.58. The van der Waals surface area contributed by atoms with E-state index in [1.165, 1.54) is 36.0 Å². The summed E-state index contributed by atoms with van der Waals surface area (Å²) in [7, 11) is 1.75. The van der Waals surface area contributed by atoms with Gasteiger partial charge in [-0.3, -0.25) is 9.59 Å². The summed E-state index contributed by atoms with van der Waals surface area (Å²) in [6, 6.07) is 15.3. The lowest BCUT2D eigenvalue weighted by atomic mass is 10.2.